The average molecular weight is 368 g/mol. The van der Waals surface area contributed by atoms with Crippen molar-refractivity contribution in [1.82, 2.24) is 0 Å². The highest BCUT2D eigenvalue weighted by atomic mass is 35.5. The van der Waals surface area contributed by atoms with Crippen LogP contribution in [0.1, 0.15) is 17.0 Å². The number of guanidine groups is 1. The van der Waals surface area contributed by atoms with Gasteiger partial charge in [-0.1, -0.05) is 35.9 Å². The van der Waals surface area contributed by atoms with E-state index in [4.69, 9.17) is 27.8 Å². The van der Waals surface area contributed by atoms with Crippen LogP contribution < -0.4 is 16.2 Å². The van der Waals surface area contributed by atoms with Crippen molar-refractivity contribution < 1.29 is 9.53 Å². The molecule has 1 unspecified atom stereocenters. The van der Waals surface area contributed by atoms with E-state index in [2.05, 4.69) is 4.99 Å². The van der Waals surface area contributed by atoms with Gasteiger partial charge in [0.15, 0.2) is 5.96 Å². The third kappa shape index (κ3) is 5.44. The number of hydrogen-bond acceptors (Lipinski definition) is 2. The molecule has 2 rings (SSSR count). The van der Waals surface area contributed by atoms with Crippen LogP contribution in [0.15, 0.2) is 53.5 Å². The van der Waals surface area contributed by atoms with E-state index in [1.165, 1.54) is 0 Å². The van der Waals surface area contributed by atoms with Gasteiger partial charge in [0.25, 0.3) is 5.91 Å². The molecule has 128 valence electrons. The molecule has 0 aliphatic rings. The van der Waals surface area contributed by atoms with E-state index in [1.54, 1.807) is 31.4 Å². The smallest absolute Gasteiger partial charge is 0.256 e. The Morgan fingerprint density at radius 3 is 2.21 bits per heavy atom. The molecule has 2 aromatic carbocycles. The Morgan fingerprint density at radius 1 is 1.12 bits per heavy atom. The number of halogens is 2. The predicted octanol–water partition coefficient (Wildman–Crippen LogP) is 2.90. The van der Waals surface area contributed by atoms with E-state index >= 15 is 0 Å². The van der Waals surface area contributed by atoms with Gasteiger partial charge in [0.1, 0.15) is 5.75 Å². The zero-order valence-electron chi connectivity index (χ0n) is 13.1. The summed E-state index contributed by atoms with van der Waals surface area (Å²) in [5, 5.41) is 0.644. The van der Waals surface area contributed by atoms with E-state index in [0.29, 0.717) is 17.2 Å². The van der Waals surface area contributed by atoms with Gasteiger partial charge in [-0.15, -0.1) is 12.4 Å². The maximum absolute atomic E-state index is 12.4. The maximum atomic E-state index is 12.4. The molecule has 2 aromatic rings. The molecule has 0 bridgehead atoms. The molecular formula is C17H19Cl2N3O2. The van der Waals surface area contributed by atoms with Gasteiger partial charge in [-0.2, -0.15) is 4.99 Å². The highest BCUT2D eigenvalue weighted by Crippen LogP contribution is 2.25. The lowest BCUT2D eigenvalue weighted by atomic mass is 9.91. The summed E-state index contributed by atoms with van der Waals surface area (Å²) in [7, 11) is 1.59. The topological polar surface area (TPSA) is 90.7 Å². The lowest BCUT2D eigenvalue weighted by Gasteiger charge is -2.15. The fourth-order valence-corrected chi connectivity index (χ4v) is 2.37. The summed E-state index contributed by atoms with van der Waals surface area (Å²) < 4.78 is 5.14. The van der Waals surface area contributed by atoms with E-state index in [1.807, 2.05) is 24.3 Å². The van der Waals surface area contributed by atoms with Crippen LogP contribution in [-0.4, -0.2) is 19.0 Å². The standard InChI is InChI=1S/C17H18ClN3O2.ClH/c1-23-14-8-4-12(5-9-14)15(16(22)21-17(19)20)10-11-2-6-13(18)7-3-11;/h2-9,15H,10H2,1H3,(H4,19,20,21,22);1H. The molecule has 24 heavy (non-hydrogen) atoms. The van der Waals surface area contributed by atoms with Crippen molar-refractivity contribution in [2.24, 2.45) is 16.5 Å². The summed E-state index contributed by atoms with van der Waals surface area (Å²) in [6, 6.07) is 14.6. The minimum atomic E-state index is -0.482. The highest BCUT2D eigenvalue weighted by Gasteiger charge is 2.21. The second-order valence-corrected chi connectivity index (χ2v) is 5.47. The molecule has 7 heteroatoms. The summed E-state index contributed by atoms with van der Waals surface area (Å²) >= 11 is 5.89. The first-order valence-corrected chi connectivity index (χ1v) is 7.39. The Balaban J connectivity index is 0.00000288. The molecule has 0 saturated heterocycles. The van der Waals surface area contributed by atoms with Gasteiger partial charge in [0.2, 0.25) is 0 Å². The fourth-order valence-electron chi connectivity index (χ4n) is 2.25. The zero-order chi connectivity index (χ0) is 16.8. The van der Waals surface area contributed by atoms with E-state index in [0.717, 1.165) is 11.1 Å². The first-order valence-electron chi connectivity index (χ1n) is 7.01. The highest BCUT2D eigenvalue weighted by molar-refractivity contribution is 6.30. The summed E-state index contributed by atoms with van der Waals surface area (Å²) in [6.45, 7) is 0. The molecule has 0 aromatic heterocycles. The van der Waals surface area contributed by atoms with Crippen LogP contribution in [0.3, 0.4) is 0 Å². The SMILES string of the molecule is COc1ccc(C(Cc2ccc(Cl)cc2)C(=O)N=C(N)N)cc1.Cl. The average Bonchev–Trinajstić information content (AvgIpc) is 2.54. The molecule has 1 amide bonds. The quantitative estimate of drug-likeness (QED) is 0.627. The van der Waals surface area contributed by atoms with Crippen molar-refractivity contribution in [3.05, 3.63) is 64.7 Å². The first kappa shape index (κ1) is 19.8. The predicted molar refractivity (Wildman–Crippen MR) is 99.0 cm³/mol. The van der Waals surface area contributed by atoms with Gasteiger partial charge in [-0.3, -0.25) is 4.79 Å². The number of carbonyl (C=O) groups is 1. The number of aliphatic imine (C=N–C) groups is 1. The Bertz CT molecular complexity index is 697. The number of carbonyl (C=O) groups excluding carboxylic acids is 1. The lowest BCUT2D eigenvalue weighted by Crippen LogP contribution is -2.26. The Hall–Kier alpha value is -2.24. The fraction of sp³-hybridized carbons (Fsp3) is 0.176. The molecule has 4 N–H and O–H groups in total. The van der Waals surface area contributed by atoms with Gasteiger partial charge in [0, 0.05) is 5.02 Å². The summed E-state index contributed by atoms with van der Waals surface area (Å²) in [5.74, 6) is -0.396. The van der Waals surface area contributed by atoms with Gasteiger partial charge >= 0.3 is 0 Å². The second kappa shape index (κ2) is 9.15. The van der Waals surface area contributed by atoms with Crippen molar-refractivity contribution in [2.45, 2.75) is 12.3 Å². The number of benzene rings is 2. The van der Waals surface area contributed by atoms with Crippen molar-refractivity contribution in [3.63, 3.8) is 0 Å². The maximum Gasteiger partial charge on any atom is 0.256 e. The van der Waals surface area contributed by atoms with Crippen molar-refractivity contribution in [3.8, 4) is 5.75 Å². The zero-order valence-corrected chi connectivity index (χ0v) is 14.7. The normalized spacial score (nSPS) is 11.1. The number of ether oxygens (including phenoxy) is 1. The van der Waals surface area contributed by atoms with Crippen LogP contribution >= 0.6 is 24.0 Å². The number of hydrogen-bond donors (Lipinski definition) is 2. The van der Waals surface area contributed by atoms with Crippen molar-refractivity contribution in [2.75, 3.05) is 7.11 Å². The second-order valence-electron chi connectivity index (χ2n) is 5.03. The Labute approximate surface area is 152 Å². The van der Waals surface area contributed by atoms with Gasteiger partial charge in [-0.05, 0) is 41.8 Å². The van der Waals surface area contributed by atoms with Crippen molar-refractivity contribution in [1.29, 1.82) is 0 Å². The molecule has 0 aliphatic carbocycles. The minimum absolute atomic E-state index is 0. The van der Waals surface area contributed by atoms with E-state index in [9.17, 15) is 4.79 Å². The van der Waals surface area contributed by atoms with E-state index in [-0.39, 0.29) is 24.3 Å². The number of nitrogens with two attached hydrogens (primary N) is 2. The number of methoxy groups -OCH3 is 1. The van der Waals surface area contributed by atoms with Gasteiger partial charge < -0.3 is 16.2 Å². The van der Waals surface area contributed by atoms with Crippen LogP contribution in [0.5, 0.6) is 5.75 Å². The molecule has 5 nitrogen and oxygen atoms in total. The van der Waals surface area contributed by atoms with Crippen LogP contribution in [0.25, 0.3) is 0 Å². The van der Waals surface area contributed by atoms with Crippen LogP contribution in [0.4, 0.5) is 0 Å². The van der Waals surface area contributed by atoms with Crippen LogP contribution in [0, 0.1) is 0 Å². The number of amides is 1. The minimum Gasteiger partial charge on any atom is -0.497 e. The van der Waals surface area contributed by atoms with Gasteiger partial charge in [0.05, 0.1) is 13.0 Å². The summed E-state index contributed by atoms with van der Waals surface area (Å²) in [4.78, 5) is 16.1. The monoisotopic (exact) mass is 367 g/mol. The first-order chi connectivity index (χ1) is 11.0. The molecule has 0 fully saturated rings. The molecule has 0 radical (unpaired) electrons. The molecule has 1 atom stereocenters. The number of rotatable bonds is 5. The Kier molecular flexibility index (Phi) is 7.55. The largest absolute Gasteiger partial charge is 0.497 e. The number of nitrogens with zero attached hydrogens (tertiary/aromatic N) is 1. The lowest BCUT2D eigenvalue weighted by molar-refractivity contribution is -0.119. The van der Waals surface area contributed by atoms with E-state index < -0.39 is 5.92 Å². The van der Waals surface area contributed by atoms with Gasteiger partial charge in [-0.25, -0.2) is 0 Å². The molecule has 0 spiro atoms. The molecular weight excluding hydrogens is 349 g/mol. The molecule has 0 saturated carbocycles. The molecule has 0 aliphatic heterocycles. The van der Waals surface area contributed by atoms with Crippen LogP contribution in [-0.2, 0) is 11.2 Å². The Morgan fingerprint density at radius 2 is 1.71 bits per heavy atom. The van der Waals surface area contributed by atoms with Crippen LogP contribution in [0.2, 0.25) is 5.02 Å². The third-order valence-electron chi connectivity index (χ3n) is 3.41. The van der Waals surface area contributed by atoms with Crippen molar-refractivity contribution >= 4 is 35.9 Å². The molecule has 0 heterocycles. The third-order valence-corrected chi connectivity index (χ3v) is 3.66. The summed E-state index contributed by atoms with van der Waals surface area (Å²) in [5.41, 5.74) is 12.5. The summed E-state index contributed by atoms with van der Waals surface area (Å²) in [6.07, 6.45) is 0.471.